The minimum absolute atomic E-state index is 0.556. The van der Waals surface area contributed by atoms with Crippen LogP contribution in [0.4, 0.5) is 0 Å². The Hall–Kier alpha value is -2.02. The van der Waals surface area contributed by atoms with Crippen LogP contribution in [0.25, 0.3) is 22.3 Å². The van der Waals surface area contributed by atoms with Crippen LogP contribution in [0.3, 0.4) is 0 Å². The third-order valence-corrected chi connectivity index (χ3v) is 4.06. The van der Waals surface area contributed by atoms with Crippen molar-refractivity contribution in [1.82, 2.24) is 24.7 Å². The molecule has 0 amide bonds. The number of aryl methyl sites for hydroxylation is 1. The zero-order valence-electron chi connectivity index (χ0n) is 10.3. The second-order valence-electron chi connectivity index (χ2n) is 4.65. The molecule has 0 N–H and O–H groups in total. The van der Waals surface area contributed by atoms with Gasteiger partial charge in [-0.2, -0.15) is 4.98 Å². The molecule has 0 spiro atoms. The van der Waals surface area contributed by atoms with E-state index in [-0.39, 0.29) is 0 Å². The largest absolute Gasteiger partial charge is 0.333 e. The summed E-state index contributed by atoms with van der Waals surface area (Å²) in [6.07, 6.45) is 5.86. The van der Waals surface area contributed by atoms with Crippen molar-refractivity contribution in [2.75, 3.05) is 0 Å². The lowest BCUT2D eigenvalue weighted by Gasteiger charge is -1.94. The Kier molecular flexibility index (Phi) is 2.28. The summed E-state index contributed by atoms with van der Waals surface area (Å²) in [4.78, 5) is 13.9. The summed E-state index contributed by atoms with van der Waals surface area (Å²) in [5.41, 5.74) is 3.79. The van der Waals surface area contributed by atoms with E-state index in [2.05, 4.69) is 20.1 Å². The Balaban J connectivity index is 1.75. The molecular formula is C12H11N5OS. The standard InChI is InChI=1S/C12H11N5OS/c1-17-5-13-4-8(17)11-15-12(18-16-11)10-9(7-2-3-7)14-6-19-10/h4-7H,2-3H2,1H3. The average molecular weight is 273 g/mol. The molecule has 1 saturated carbocycles. The van der Waals surface area contributed by atoms with E-state index < -0.39 is 0 Å². The van der Waals surface area contributed by atoms with Crippen LogP contribution in [0.2, 0.25) is 0 Å². The minimum atomic E-state index is 0.556. The van der Waals surface area contributed by atoms with Gasteiger partial charge in [0.2, 0.25) is 5.82 Å². The highest BCUT2D eigenvalue weighted by atomic mass is 32.1. The lowest BCUT2D eigenvalue weighted by Crippen LogP contribution is -1.90. The molecule has 6 nitrogen and oxygen atoms in total. The van der Waals surface area contributed by atoms with Gasteiger partial charge in [-0.3, -0.25) is 0 Å². The Labute approximate surface area is 113 Å². The molecule has 19 heavy (non-hydrogen) atoms. The van der Waals surface area contributed by atoms with Gasteiger partial charge in [-0.05, 0) is 12.8 Å². The molecular weight excluding hydrogens is 262 g/mol. The molecule has 3 aromatic heterocycles. The van der Waals surface area contributed by atoms with Crippen molar-refractivity contribution in [3.05, 3.63) is 23.7 Å². The summed E-state index contributed by atoms with van der Waals surface area (Å²) in [5, 5.41) is 4.03. The number of imidazole rings is 1. The molecule has 0 aliphatic heterocycles. The van der Waals surface area contributed by atoms with Gasteiger partial charge in [-0.1, -0.05) is 5.16 Å². The van der Waals surface area contributed by atoms with Crippen molar-refractivity contribution in [3.8, 4) is 22.3 Å². The fraction of sp³-hybridized carbons (Fsp3) is 0.333. The van der Waals surface area contributed by atoms with Crippen molar-refractivity contribution >= 4 is 11.3 Å². The van der Waals surface area contributed by atoms with Crippen LogP contribution in [0, 0.1) is 0 Å². The van der Waals surface area contributed by atoms with Crippen molar-refractivity contribution in [2.45, 2.75) is 18.8 Å². The van der Waals surface area contributed by atoms with Crippen molar-refractivity contribution in [2.24, 2.45) is 7.05 Å². The summed E-state index contributed by atoms with van der Waals surface area (Å²) in [5.74, 6) is 1.69. The van der Waals surface area contributed by atoms with Crippen LogP contribution in [-0.2, 0) is 7.05 Å². The van der Waals surface area contributed by atoms with Gasteiger partial charge in [0.05, 0.1) is 23.7 Å². The first kappa shape index (κ1) is 10.9. The summed E-state index contributed by atoms with van der Waals surface area (Å²) in [7, 11) is 1.90. The summed E-state index contributed by atoms with van der Waals surface area (Å²) >= 11 is 1.56. The maximum Gasteiger partial charge on any atom is 0.270 e. The molecule has 0 atom stereocenters. The lowest BCUT2D eigenvalue weighted by atomic mass is 10.2. The molecule has 0 saturated heterocycles. The molecule has 96 valence electrons. The van der Waals surface area contributed by atoms with Gasteiger partial charge < -0.3 is 9.09 Å². The first-order valence-electron chi connectivity index (χ1n) is 6.07. The fourth-order valence-electron chi connectivity index (χ4n) is 2.05. The highest BCUT2D eigenvalue weighted by Gasteiger charge is 2.30. The molecule has 4 rings (SSSR count). The zero-order chi connectivity index (χ0) is 12.8. The molecule has 3 heterocycles. The molecule has 1 aliphatic carbocycles. The number of hydrogen-bond acceptors (Lipinski definition) is 6. The molecule has 0 bridgehead atoms. The van der Waals surface area contributed by atoms with Crippen LogP contribution in [0.5, 0.6) is 0 Å². The number of aromatic nitrogens is 5. The number of hydrogen-bond donors (Lipinski definition) is 0. The predicted octanol–water partition coefficient (Wildman–Crippen LogP) is 2.47. The van der Waals surface area contributed by atoms with Crippen LogP contribution in [0.1, 0.15) is 24.5 Å². The molecule has 0 radical (unpaired) electrons. The summed E-state index contributed by atoms with van der Waals surface area (Å²) < 4.78 is 7.24. The SMILES string of the molecule is Cn1cncc1-c1noc(-c2scnc2C2CC2)n1. The van der Waals surface area contributed by atoms with E-state index in [0.717, 1.165) is 16.3 Å². The summed E-state index contributed by atoms with van der Waals surface area (Å²) in [6.45, 7) is 0. The maximum absolute atomic E-state index is 5.37. The monoisotopic (exact) mass is 273 g/mol. The van der Waals surface area contributed by atoms with Gasteiger partial charge in [-0.15, -0.1) is 11.3 Å². The van der Waals surface area contributed by atoms with Crippen molar-refractivity contribution in [1.29, 1.82) is 0 Å². The quantitative estimate of drug-likeness (QED) is 0.733. The molecule has 1 aliphatic rings. The second-order valence-corrected chi connectivity index (χ2v) is 5.51. The molecule has 1 fully saturated rings. The van der Waals surface area contributed by atoms with E-state index in [9.17, 15) is 0 Å². The van der Waals surface area contributed by atoms with E-state index in [1.165, 1.54) is 12.8 Å². The third-order valence-electron chi connectivity index (χ3n) is 3.23. The lowest BCUT2D eigenvalue weighted by molar-refractivity contribution is 0.432. The summed E-state index contributed by atoms with van der Waals surface area (Å²) in [6, 6.07) is 0. The van der Waals surface area contributed by atoms with E-state index in [1.807, 2.05) is 17.1 Å². The highest BCUT2D eigenvalue weighted by molar-refractivity contribution is 7.13. The van der Waals surface area contributed by atoms with Crippen LogP contribution in [0.15, 0.2) is 22.6 Å². The Morgan fingerprint density at radius 3 is 3.05 bits per heavy atom. The van der Waals surface area contributed by atoms with Gasteiger partial charge in [0, 0.05) is 13.0 Å². The number of rotatable bonds is 3. The van der Waals surface area contributed by atoms with Crippen molar-refractivity contribution < 1.29 is 4.52 Å². The molecule has 0 aromatic carbocycles. The minimum Gasteiger partial charge on any atom is -0.333 e. The highest BCUT2D eigenvalue weighted by Crippen LogP contribution is 2.44. The zero-order valence-corrected chi connectivity index (χ0v) is 11.1. The van der Waals surface area contributed by atoms with Gasteiger partial charge in [0.15, 0.2) is 0 Å². The van der Waals surface area contributed by atoms with Crippen LogP contribution < -0.4 is 0 Å². The first-order chi connectivity index (χ1) is 9.33. The molecule has 7 heteroatoms. The van der Waals surface area contributed by atoms with E-state index in [4.69, 9.17) is 4.52 Å². The number of thiazole rings is 1. The predicted molar refractivity (Wildman–Crippen MR) is 69.6 cm³/mol. The van der Waals surface area contributed by atoms with E-state index in [0.29, 0.717) is 17.6 Å². The molecule has 3 aromatic rings. The van der Waals surface area contributed by atoms with Crippen LogP contribution in [-0.4, -0.2) is 24.7 Å². The average Bonchev–Trinajstić information content (AvgIpc) is 2.84. The third kappa shape index (κ3) is 1.77. The fourth-order valence-corrected chi connectivity index (χ4v) is 2.85. The Morgan fingerprint density at radius 2 is 2.32 bits per heavy atom. The number of nitrogens with zero attached hydrogens (tertiary/aromatic N) is 5. The Bertz CT molecular complexity index is 724. The van der Waals surface area contributed by atoms with Crippen LogP contribution >= 0.6 is 11.3 Å². The van der Waals surface area contributed by atoms with Crippen molar-refractivity contribution in [3.63, 3.8) is 0 Å². The van der Waals surface area contributed by atoms with E-state index >= 15 is 0 Å². The molecule has 0 unspecified atom stereocenters. The second kappa shape index (κ2) is 3.99. The van der Waals surface area contributed by atoms with Gasteiger partial charge in [-0.25, -0.2) is 9.97 Å². The normalized spacial score (nSPS) is 15.0. The van der Waals surface area contributed by atoms with Gasteiger partial charge in [0.1, 0.15) is 10.6 Å². The van der Waals surface area contributed by atoms with Gasteiger partial charge in [0.25, 0.3) is 5.89 Å². The topological polar surface area (TPSA) is 69.6 Å². The maximum atomic E-state index is 5.37. The first-order valence-corrected chi connectivity index (χ1v) is 6.95. The smallest absolute Gasteiger partial charge is 0.270 e. The van der Waals surface area contributed by atoms with E-state index in [1.54, 1.807) is 23.9 Å². The van der Waals surface area contributed by atoms with Gasteiger partial charge >= 0.3 is 0 Å². The Morgan fingerprint density at radius 1 is 1.42 bits per heavy atom.